The van der Waals surface area contributed by atoms with E-state index in [4.69, 9.17) is 9.47 Å². The molecule has 1 saturated heterocycles. The van der Waals surface area contributed by atoms with Gasteiger partial charge in [-0.15, -0.1) is 0 Å². The van der Waals surface area contributed by atoms with Gasteiger partial charge in [0.05, 0.1) is 12.3 Å². The van der Waals surface area contributed by atoms with Crippen LogP contribution >= 0.6 is 15.9 Å². The van der Waals surface area contributed by atoms with Crippen LogP contribution < -0.4 is 20.8 Å². The quantitative estimate of drug-likeness (QED) is 0.275. The fourth-order valence-electron chi connectivity index (χ4n) is 3.39. The van der Waals surface area contributed by atoms with Crippen LogP contribution in [-0.4, -0.2) is 49.8 Å². The predicted octanol–water partition coefficient (Wildman–Crippen LogP) is 2.83. The minimum Gasteiger partial charge on any atom is -0.483 e. The molecule has 2 aromatic rings. The van der Waals surface area contributed by atoms with Crippen molar-refractivity contribution in [2.24, 2.45) is 5.10 Å². The van der Waals surface area contributed by atoms with Crippen LogP contribution in [0, 0.1) is 13.8 Å². The smallest absolute Gasteiger partial charge is 0.329 e. The highest BCUT2D eigenvalue weighted by molar-refractivity contribution is 9.10. The third-order valence-electron chi connectivity index (χ3n) is 5.17. The first-order chi connectivity index (χ1) is 16.3. The van der Waals surface area contributed by atoms with Crippen molar-refractivity contribution in [3.8, 4) is 5.75 Å². The van der Waals surface area contributed by atoms with Crippen LogP contribution in [0.1, 0.15) is 29.5 Å². The molecule has 1 aliphatic heterocycles. The standard InChI is InChI=1S/C24H27BrN4O5/c1-15-5-3-6-16(2)22(15)28-21(30)14-34-20-9-8-18(25)11-17(20)12-27-29-24(32)23(31)26-13-19-7-4-10-33-19/h3,5-6,8-9,11-12,19H,4,7,10,13-14H2,1-2H3,(H,26,31)(H,28,30)(H,29,32)/b27-12-/t19-/m0/s1. The molecule has 0 spiro atoms. The number of anilines is 1. The van der Waals surface area contributed by atoms with E-state index in [0.29, 0.717) is 17.9 Å². The molecule has 0 aliphatic carbocycles. The van der Waals surface area contributed by atoms with Gasteiger partial charge in [0.2, 0.25) is 0 Å². The van der Waals surface area contributed by atoms with E-state index < -0.39 is 11.8 Å². The molecular formula is C24H27BrN4O5. The largest absolute Gasteiger partial charge is 0.483 e. The van der Waals surface area contributed by atoms with Crippen LogP contribution in [0.3, 0.4) is 0 Å². The van der Waals surface area contributed by atoms with Gasteiger partial charge in [-0.1, -0.05) is 34.1 Å². The predicted molar refractivity (Wildman–Crippen MR) is 132 cm³/mol. The Hall–Kier alpha value is -3.24. The lowest BCUT2D eigenvalue weighted by Gasteiger charge is -2.13. The second-order valence-electron chi connectivity index (χ2n) is 7.83. The molecular weight excluding hydrogens is 504 g/mol. The van der Waals surface area contributed by atoms with E-state index in [1.807, 2.05) is 32.0 Å². The van der Waals surface area contributed by atoms with Crippen LogP contribution in [0.25, 0.3) is 0 Å². The van der Waals surface area contributed by atoms with Crippen LogP contribution in [0.15, 0.2) is 46.0 Å². The summed E-state index contributed by atoms with van der Waals surface area (Å²) in [6.07, 6.45) is 3.08. The van der Waals surface area contributed by atoms with E-state index in [0.717, 1.165) is 34.1 Å². The van der Waals surface area contributed by atoms with Gasteiger partial charge in [-0.3, -0.25) is 14.4 Å². The lowest BCUT2D eigenvalue weighted by Crippen LogP contribution is -2.41. The van der Waals surface area contributed by atoms with Gasteiger partial charge < -0.3 is 20.1 Å². The number of carbonyl (C=O) groups is 3. The Kier molecular flexibility index (Phi) is 9.17. The summed E-state index contributed by atoms with van der Waals surface area (Å²) in [4.78, 5) is 36.3. The van der Waals surface area contributed by atoms with E-state index in [9.17, 15) is 14.4 Å². The lowest BCUT2D eigenvalue weighted by molar-refractivity contribution is -0.139. The molecule has 0 saturated carbocycles. The first-order valence-corrected chi connectivity index (χ1v) is 11.6. The number of hydrogen-bond acceptors (Lipinski definition) is 6. The first kappa shape index (κ1) is 25.4. The van der Waals surface area contributed by atoms with Crippen molar-refractivity contribution in [1.29, 1.82) is 0 Å². The van der Waals surface area contributed by atoms with Crippen molar-refractivity contribution < 1.29 is 23.9 Å². The highest BCUT2D eigenvalue weighted by Gasteiger charge is 2.19. The Morgan fingerprint density at radius 2 is 1.94 bits per heavy atom. The molecule has 3 rings (SSSR count). The summed E-state index contributed by atoms with van der Waals surface area (Å²) in [5, 5.41) is 9.24. The first-order valence-electron chi connectivity index (χ1n) is 10.8. The minimum atomic E-state index is -0.889. The number of halogens is 1. The Morgan fingerprint density at radius 3 is 2.65 bits per heavy atom. The van der Waals surface area contributed by atoms with E-state index in [2.05, 4.69) is 37.1 Å². The van der Waals surface area contributed by atoms with Gasteiger partial charge in [-0.2, -0.15) is 5.10 Å². The minimum absolute atomic E-state index is 0.0615. The Bertz CT molecular complexity index is 1060. The van der Waals surface area contributed by atoms with E-state index >= 15 is 0 Å². The molecule has 0 aromatic heterocycles. The second-order valence-corrected chi connectivity index (χ2v) is 8.75. The molecule has 0 bridgehead atoms. The van der Waals surface area contributed by atoms with E-state index in [1.54, 1.807) is 18.2 Å². The average Bonchev–Trinajstić information content (AvgIpc) is 3.33. The molecule has 9 nitrogen and oxygen atoms in total. The summed E-state index contributed by atoms with van der Waals surface area (Å²) in [6, 6.07) is 10.9. The zero-order valence-electron chi connectivity index (χ0n) is 19.0. The number of aryl methyl sites for hydroxylation is 2. The van der Waals surface area contributed by atoms with Gasteiger partial charge in [0.25, 0.3) is 5.91 Å². The average molecular weight is 531 g/mol. The molecule has 180 valence electrons. The molecule has 3 N–H and O–H groups in total. The third-order valence-corrected chi connectivity index (χ3v) is 5.66. The van der Waals surface area contributed by atoms with E-state index in [-0.39, 0.29) is 25.2 Å². The maximum absolute atomic E-state index is 12.4. The topological polar surface area (TPSA) is 118 Å². The van der Waals surface area contributed by atoms with Crippen LogP contribution in [0.4, 0.5) is 5.69 Å². The van der Waals surface area contributed by atoms with Gasteiger partial charge in [0, 0.05) is 28.9 Å². The van der Waals surface area contributed by atoms with Crippen molar-refractivity contribution >= 4 is 45.6 Å². The molecule has 34 heavy (non-hydrogen) atoms. The number of para-hydroxylation sites is 1. The van der Waals surface area contributed by atoms with Gasteiger partial charge in [0.15, 0.2) is 6.61 Å². The van der Waals surface area contributed by atoms with Gasteiger partial charge in [-0.25, -0.2) is 5.43 Å². The van der Waals surface area contributed by atoms with Crippen molar-refractivity contribution in [2.75, 3.05) is 25.1 Å². The highest BCUT2D eigenvalue weighted by Crippen LogP contribution is 2.23. The molecule has 0 unspecified atom stereocenters. The maximum Gasteiger partial charge on any atom is 0.329 e. The van der Waals surface area contributed by atoms with Crippen LogP contribution in [0.2, 0.25) is 0 Å². The van der Waals surface area contributed by atoms with Gasteiger partial charge in [0.1, 0.15) is 5.75 Å². The Labute approximate surface area is 206 Å². The SMILES string of the molecule is Cc1cccc(C)c1NC(=O)COc1ccc(Br)cc1/C=N\NC(=O)C(=O)NC[C@@H]1CCCO1. The number of nitrogens with zero attached hydrogens (tertiary/aromatic N) is 1. The number of benzene rings is 2. The third kappa shape index (κ3) is 7.39. The number of hydrogen-bond donors (Lipinski definition) is 3. The number of amides is 3. The number of nitrogens with one attached hydrogen (secondary N) is 3. The molecule has 0 radical (unpaired) electrons. The van der Waals surface area contributed by atoms with Crippen molar-refractivity contribution in [3.05, 3.63) is 57.6 Å². The molecule has 3 amide bonds. The highest BCUT2D eigenvalue weighted by atomic mass is 79.9. The molecule has 10 heteroatoms. The summed E-state index contributed by atoms with van der Waals surface area (Å²) >= 11 is 3.37. The lowest BCUT2D eigenvalue weighted by atomic mass is 10.1. The van der Waals surface area contributed by atoms with Crippen molar-refractivity contribution in [3.63, 3.8) is 0 Å². The summed E-state index contributed by atoms with van der Waals surface area (Å²) < 4.78 is 11.8. The number of rotatable bonds is 8. The zero-order chi connectivity index (χ0) is 24.5. The number of hydrazone groups is 1. The molecule has 1 atom stereocenters. The molecule has 1 heterocycles. The summed E-state index contributed by atoms with van der Waals surface area (Å²) in [5.41, 5.74) is 5.37. The number of ether oxygens (including phenoxy) is 2. The van der Waals surface area contributed by atoms with Gasteiger partial charge >= 0.3 is 11.8 Å². The summed E-state index contributed by atoms with van der Waals surface area (Å²) in [6.45, 7) is 4.58. The second kappa shape index (κ2) is 12.3. The van der Waals surface area contributed by atoms with Crippen molar-refractivity contribution in [2.45, 2.75) is 32.8 Å². The molecule has 1 aliphatic rings. The zero-order valence-corrected chi connectivity index (χ0v) is 20.6. The normalized spacial score (nSPS) is 15.2. The van der Waals surface area contributed by atoms with Crippen LogP contribution in [-0.2, 0) is 19.1 Å². The summed E-state index contributed by atoms with van der Waals surface area (Å²) in [7, 11) is 0. The number of carbonyl (C=O) groups excluding carboxylic acids is 3. The fourth-order valence-corrected chi connectivity index (χ4v) is 3.76. The van der Waals surface area contributed by atoms with E-state index in [1.165, 1.54) is 6.21 Å². The maximum atomic E-state index is 12.4. The van der Waals surface area contributed by atoms with Crippen molar-refractivity contribution in [1.82, 2.24) is 10.7 Å². The molecule has 1 fully saturated rings. The van der Waals surface area contributed by atoms with Gasteiger partial charge in [-0.05, 0) is 56.0 Å². The Balaban J connectivity index is 1.54. The Morgan fingerprint density at radius 1 is 1.18 bits per heavy atom. The summed E-state index contributed by atoms with van der Waals surface area (Å²) in [5.74, 6) is -1.60. The fraction of sp³-hybridized carbons (Fsp3) is 0.333. The molecule has 2 aromatic carbocycles. The monoisotopic (exact) mass is 530 g/mol. The van der Waals surface area contributed by atoms with Crippen LogP contribution in [0.5, 0.6) is 5.75 Å².